The molecule has 0 amide bonds. The predicted molar refractivity (Wildman–Crippen MR) is 38.3 cm³/mol. The molecule has 60 valence electrons. The molecule has 6 heteroatoms. The first-order valence-corrected chi connectivity index (χ1v) is 5.90. The van der Waals surface area contributed by atoms with E-state index in [4.69, 9.17) is 10.2 Å². The fourth-order valence-corrected chi connectivity index (χ4v) is 3.71. The van der Waals surface area contributed by atoms with Crippen LogP contribution in [-0.4, -0.2) is 42.3 Å². The summed E-state index contributed by atoms with van der Waals surface area (Å²) in [5.41, 5.74) is 0. The van der Waals surface area contributed by atoms with Crippen LogP contribution in [-0.2, 0) is 8.87 Å². The minimum absolute atomic E-state index is 0.0729. The molecule has 10 heavy (non-hydrogen) atoms. The van der Waals surface area contributed by atoms with Crippen LogP contribution in [0.4, 0.5) is 0 Å². The Morgan fingerprint density at radius 1 is 1.30 bits per heavy atom. The van der Waals surface area contributed by atoms with Gasteiger partial charge >= 0.3 is 0 Å². The van der Waals surface area contributed by atoms with Gasteiger partial charge in [-0.2, -0.15) is 0 Å². The van der Waals surface area contributed by atoms with Crippen LogP contribution in [0.2, 0.25) is 0 Å². The number of rotatable bonds is 0. The molecule has 2 atom stereocenters. The maximum Gasteiger partial charge on any atom is 0.204 e. The molecule has 2 N–H and O–H groups in total. The van der Waals surface area contributed by atoms with Gasteiger partial charge in [0, 0.05) is 5.75 Å². The summed E-state index contributed by atoms with van der Waals surface area (Å²) in [7, 11) is -2.46. The molecular formula is C4H8O4S2. The smallest absolute Gasteiger partial charge is 0.204 e. The molecule has 0 spiro atoms. The summed E-state index contributed by atoms with van der Waals surface area (Å²) in [6.45, 7) is 0. The van der Waals surface area contributed by atoms with E-state index in [9.17, 15) is 8.42 Å². The molecule has 0 aromatic carbocycles. The third-order valence-electron chi connectivity index (χ3n) is 1.24. The highest BCUT2D eigenvalue weighted by molar-refractivity contribution is 8.72. The van der Waals surface area contributed by atoms with Crippen LogP contribution in [0.25, 0.3) is 0 Å². The van der Waals surface area contributed by atoms with Crippen molar-refractivity contribution in [3.05, 3.63) is 0 Å². The van der Waals surface area contributed by atoms with E-state index in [1.165, 1.54) is 0 Å². The summed E-state index contributed by atoms with van der Waals surface area (Å²) in [6, 6.07) is 0. The Labute approximate surface area is 62.6 Å². The molecule has 4 nitrogen and oxygen atoms in total. The second-order valence-electron chi connectivity index (χ2n) is 2.14. The number of hydrogen-bond acceptors (Lipinski definition) is 5. The first-order chi connectivity index (χ1) is 4.51. The van der Waals surface area contributed by atoms with Crippen LogP contribution in [0, 0.1) is 0 Å². The lowest BCUT2D eigenvalue weighted by Gasteiger charge is -2.21. The summed E-state index contributed by atoms with van der Waals surface area (Å²) in [5.74, 6) is -0.262. The summed E-state index contributed by atoms with van der Waals surface area (Å²) >= 11 is 0. The van der Waals surface area contributed by atoms with Crippen LogP contribution in [0.5, 0.6) is 0 Å². The monoisotopic (exact) mass is 188 g/mol. The van der Waals surface area contributed by atoms with Gasteiger partial charge in [0.1, 0.15) is 0 Å². The first-order valence-electron chi connectivity index (χ1n) is 2.74. The highest BCUT2D eigenvalue weighted by Gasteiger charge is 2.30. The van der Waals surface area contributed by atoms with Gasteiger partial charge in [-0.1, -0.05) is 0 Å². The van der Waals surface area contributed by atoms with Crippen molar-refractivity contribution < 1.29 is 18.6 Å². The lowest BCUT2D eigenvalue weighted by atomic mass is 10.5. The fourth-order valence-electron chi connectivity index (χ4n) is 0.653. The van der Waals surface area contributed by atoms with E-state index < -0.39 is 21.1 Å². The van der Waals surface area contributed by atoms with Gasteiger partial charge in [0.2, 0.25) is 8.87 Å². The Kier molecular flexibility index (Phi) is 2.24. The van der Waals surface area contributed by atoms with E-state index in [0.29, 0.717) is 10.8 Å². The molecule has 0 bridgehead atoms. The first kappa shape index (κ1) is 8.32. The zero-order valence-electron chi connectivity index (χ0n) is 5.10. The predicted octanol–water partition coefficient (Wildman–Crippen LogP) is -1.22. The molecule has 0 aromatic rings. The average molecular weight is 188 g/mol. The van der Waals surface area contributed by atoms with Crippen LogP contribution in [0.15, 0.2) is 0 Å². The minimum Gasteiger partial charge on any atom is -0.389 e. The molecule has 1 heterocycles. The highest BCUT2D eigenvalue weighted by Crippen LogP contribution is 2.22. The molecular weight excluding hydrogens is 180 g/mol. The summed E-state index contributed by atoms with van der Waals surface area (Å²) in [6.07, 6.45) is -2.00. The van der Waals surface area contributed by atoms with E-state index in [1.807, 2.05) is 0 Å². The summed E-state index contributed by atoms with van der Waals surface area (Å²) in [4.78, 5) is 0. The van der Waals surface area contributed by atoms with Crippen molar-refractivity contribution in [2.24, 2.45) is 0 Å². The van der Waals surface area contributed by atoms with Crippen LogP contribution >= 0.6 is 10.8 Å². The molecule has 1 rings (SSSR count). The van der Waals surface area contributed by atoms with Gasteiger partial charge < -0.3 is 10.2 Å². The van der Waals surface area contributed by atoms with E-state index in [2.05, 4.69) is 0 Å². The lowest BCUT2D eigenvalue weighted by molar-refractivity contribution is 0.0480. The molecule has 1 saturated heterocycles. The van der Waals surface area contributed by atoms with Crippen LogP contribution < -0.4 is 0 Å². The van der Waals surface area contributed by atoms with Crippen molar-refractivity contribution >= 4 is 19.7 Å². The average Bonchev–Trinajstić information content (AvgIpc) is 1.79. The van der Waals surface area contributed by atoms with Gasteiger partial charge in [0.05, 0.1) is 18.0 Å². The van der Waals surface area contributed by atoms with E-state index in [0.717, 1.165) is 0 Å². The third-order valence-corrected chi connectivity index (χ3v) is 4.72. The molecule has 0 radical (unpaired) electrons. The number of aliphatic hydroxyl groups excluding tert-OH is 2. The Morgan fingerprint density at radius 2 is 1.90 bits per heavy atom. The number of aliphatic hydroxyl groups is 2. The van der Waals surface area contributed by atoms with Crippen molar-refractivity contribution in [1.82, 2.24) is 0 Å². The van der Waals surface area contributed by atoms with Crippen molar-refractivity contribution in [3.8, 4) is 0 Å². The van der Waals surface area contributed by atoms with E-state index in [-0.39, 0.29) is 11.5 Å². The maximum atomic E-state index is 10.7. The van der Waals surface area contributed by atoms with Gasteiger partial charge in [-0.3, -0.25) is 0 Å². The summed E-state index contributed by atoms with van der Waals surface area (Å²) in [5, 5.41) is 17.7. The van der Waals surface area contributed by atoms with E-state index in [1.54, 1.807) is 0 Å². The zero-order chi connectivity index (χ0) is 7.78. The standard InChI is InChI=1S/C4H8O4S2/c5-3-1-9-10(7,8)2-4(3)6/h3-6H,1-2H2/t3-,4+/m1/s1/i1+2,2+2. The van der Waals surface area contributed by atoms with Gasteiger partial charge in [0.25, 0.3) is 0 Å². The molecule has 1 aliphatic heterocycles. The van der Waals surface area contributed by atoms with E-state index >= 15 is 0 Å². The fraction of sp³-hybridized carbons (Fsp3) is 1.00. The zero-order valence-corrected chi connectivity index (χ0v) is 6.73. The van der Waals surface area contributed by atoms with Crippen molar-refractivity contribution in [2.45, 2.75) is 12.2 Å². The Hall–Kier alpha value is 0.220. The lowest BCUT2D eigenvalue weighted by Crippen LogP contribution is -2.38. The van der Waals surface area contributed by atoms with Gasteiger partial charge in [-0.05, 0) is 10.8 Å². The van der Waals surface area contributed by atoms with Gasteiger partial charge in [0.15, 0.2) is 0 Å². The summed E-state index contributed by atoms with van der Waals surface area (Å²) < 4.78 is 21.4. The molecule has 0 saturated carbocycles. The SMILES string of the molecule is O=S1(=O)[14CH2][C@H](O)[C@H](O)[14CH2]S1. The number of hydrogen-bond donors (Lipinski definition) is 2. The molecule has 1 aliphatic rings. The second-order valence-corrected chi connectivity index (χ2v) is 6.39. The van der Waals surface area contributed by atoms with Crippen LogP contribution in [0.3, 0.4) is 0 Å². The molecule has 1 fully saturated rings. The largest absolute Gasteiger partial charge is 0.389 e. The van der Waals surface area contributed by atoms with Gasteiger partial charge in [-0.15, -0.1) is 0 Å². The third kappa shape index (κ3) is 1.85. The van der Waals surface area contributed by atoms with Crippen molar-refractivity contribution in [3.63, 3.8) is 0 Å². The second kappa shape index (κ2) is 2.69. The minimum atomic E-state index is -3.16. The maximum absolute atomic E-state index is 10.7. The Balaban J connectivity index is 2.66. The molecule has 0 unspecified atom stereocenters. The van der Waals surface area contributed by atoms with Crippen molar-refractivity contribution in [2.75, 3.05) is 11.5 Å². The van der Waals surface area contributed by atoms with Crippen molar-refractivity contribution in [1.29, 1.82) is 0 Å². The van der Waals surface area contributed by atoms with Gasteiger partial charge in [-0.25, -0.2) is 8.42 Å². The highest BCUT2D eigenvalue weighted by atomic mass is 33.1. The topological polar surface area (TPSA) is 74.6 Å². The quantitative estimate of drug-likeness (QED) is 0.466. The normalized spacial score (nSPS) is 39.4. The molecule has 0 aliphatic carbocycles. The Bertz CT molecular complexity index is 209. The van der Waals surface area contributed by atoms with Crippen LogP contribution in [0.1, 0.15) is 0 Å². The molecule has 0 aromatic heterocycles. The Morgan fingerprint density at radius 3 is 2.30 bits per heavy atom.